The third kappa shape index (κ3) is 3.90. The van der Waals surface area contributed by atoms with Gasteiger partial charge in [-0.1, -0.05) is 41.4 Å². The van der Waals surface area contributed by atoms with Gasteiger partial charge in [-0.15, -0.1) is 0 Å². The van der Waals surface area contributed by atoms with Gasteiger partial charge in [0, 0.05) is 21.2 Å². The number of amides is 2. The minimum Gasteiger partial charge on any atom is -0.366 e. The molecule has 3 atom stereocenters. The average molecular weight is 451 g/mol. The maximum absolute atomic E-state index is 14.5. The summed E-state index contributed by atoms with van der Waals surface area (Å²) in [5.74, 6) is -5.83. The summed E-state index contributed by atoms with van der Waals surface area (Å²) in [5, 5.41) is 15.0. The monoisotopic (exact) mass is 450 g/mol. The molecule has 2 amide bonds. The number of carbonyl (C=O) groups is 2. The predicted molar refractivity (Wildman–Crippen MR) is 95.7 cm³/mol. The van der Waals surface area contributed by atoms with Gasteiger partial charge in [0.25, 0.3) is 0 Å². The van der Waals surface area contributed by atoms with E-state index in [1.54, 1.807) is 0 Å². The molecule has 0 spiro atoms. The third-order valence-corrected chi connectivity index (χ3v) is 5.11. The Kier molecular flexibility index (Phi) is 5.50. The fourth-order valence-corrected chi connectivity index (χ4v) is 3.68. The lowest BCUT2D eigenvalue weighted by Gasteiger charge is -2.45. The number of rotatable bonds is 3. The quantitative estimate of drug-likeness (QED) is 0.616. The molecule has 11 heteroatoms. The van der Waals surface area contributed by atoms with Crippen molar-refractivity contribution in [2.45, 2.75) is 17.9 Å². The summed E-state index contributed by atoms with van der Waals surface area (Å²) >= 11 is 11.7. The number of carbonyl (C=O) groups excluding carboxylic acids is 2. The van der Waals surface area contributed by atoms with Crippen molar-refractivity contribution >= 4 is 35.0 Å². The van der Waals surface area contributed by atoms with Crippen LogP contribution in [0.3, 0.4) is 0 Å². The topological polar surface area (TPSA) is 78.4 Å². The normalized spacial score (nSPS) is 24.6. The van der Waals surface area contributed by atoms with E-state index in [0.717, 1.165) is 18.2 Å². The smallest absolute Gasteiger partial charge is 0.366 e. The molecular formula is C18H12Cl2F4N2O3. The molecule has 1 heterocycles. The van der Waals surface area contributed by atoms with Crippen LogP contribution in [0.1, 0.15) is 17.2 Å². The minimum atomic E-state index is -5.40. The van der Waals surface area contributed by atoms with Crippen LogP contribution in [0.2, 0.25) is 10.0 Å². The van der Waals surface area contributed by atoms with Crippen molar-refractivity contribution < 1.29 is 32.3 Å². The highest BCUT2D eigenvalue weighted by molar-refractivity contribution is 6.31. The van der Waals surface area contributed by atoms with Crippen LogP contribution in [0.4, 0.5) is 22.4 Å². The summed E-state index contributed by atoms with van der Waals surface area (Å²) in [6.45, 7) is 0. The molecule has 3 rings (SSSR count). The summed E-state index contributed by atoms with van der Waals surface area (Å²) < 4.78 is 54.6. The largest absolute Gasteiger partial charge is 0.450 e. The number of halogens is 6. The van der Waals surface area contributed by atoms with Crippen molar-refractivity contribution in [3.05, 3.63) is 69.5 Å². The second-order valence-electron chi connectivity index (χ2n) is 6.32. The van der Waals surface area contributed by atoms with Gasteiger partial charge in [0.1, 0.15) is 11.7 Å². The molecule has 0 saturated carbocycles. The first kappa shape index (κ1) is 21.4. The number of urea groups is 1. The molecule has 2 aromatic carbocycles. The van der Waals surface area contributed by atoms with Crippen LogP contribution in [0.25, 0.3) is 0 Å². The van der Waals surface area contributed by atoms with E-state index in [2.05, 4.69) is 5.32 Å². The molecule has 0 aliphatic carbocycles. The van der Waals surface area contributed by atoms with Crippen LogP contribution < -0.4 is 10.6 Å². The third-order valence-electron chi connectivity index (χ3n) is 4.53. The highest BCUT2D eigenvalue weighted by Gasteiger charge is 2.59. The Morgan fingerprint density at radius 1 is 1.10 bits per heavy atom. The average Bonchev–Trinajstić information content (AvgIpc) is 2.60. The molecule has 2 aromatic rings. The Morgan fingerprint density at radius 2 is 1.72 bits per heavy atom. The molecule has 1 saturated heterocycles. The zero-order chi connectivity index (χ0) is 21.6. The second-order valence-corrected chi connectivity index (χ2v) is 7.17. The van der Waals surface area contributed by atoms with Gasteiger partial charge in [0.15, 0.2) is 5.72 Å². The standard InChI is InChI=1S/C18H12Cl2F4N2O3/c19-9-6-4-8(5-7-9)17(29)13(15(27)18(22,23)24)14(25-16(28)26-17)12-10(20)2-1-3-11(12)21/h1-7,13-14,29H,(H2,25,26,28)/t13-,14-,17+/m1/s1. The lowest BCUT2D eigenvalue weighted by atomic mass is 9.76. The van der Waals surface area contributed by atoms with Crippen LogP contribution in [-0.4, -0.2) is 23.1 Å². The molecule has 1 fully saturated rings. The van der Waals surface area contributed by atoms with Crippen molar-refractivity contribution in [2.24, 2.45) is 5.92 Å². The van der Waals surface area contributed by atoms with Gasteiger partial charge in [-0.25, -0.2) is 9.18 Å². The van der Waals surface area contributed by atoms with E-state index < -0.39 is 47.1 Å². The molecule has 29 heavy (non-hydrogen) atoms. The first-order valence-electron chi connectivity index (χ1n) is 8.07. The lowest BCUT2D eigenvalue weighted by molar-refractivity contribution is -0.190. The van der Waals surface area contributed by atoms with Crippen LogP contribution in [0.15, 0.2) is 42.5 Å². The zero-order valence-corrected chi connectivity index (χ0v) is 15.7. The van der Waals surface area contributed by atoms with Crippen molar-refractivity contribution in [1.29, 1.82) is 0 Å². The molecule has 154 valence electrons. The highest BCUT2D eigenvalue weighted by atomic mass is 35.5. The van der Waals surface area contributed by atoms with Crippen LogP contribution in [0.5, 0.6) is 0 Å². The maximum atomic E-state index is 14.5. The Labute approximate surface area is 171 Å². The van der Waals surface area contributed by atoms with E-state index in [-0.39, 0.29) is 15.6 Å². The summed E-state index contributed by atoms with van der Waals surface area (Å²) in [7, 11) is 0. The molecule has 5 nitrogen and oxygen atoms in total. The lowest BCUT2D eigenvalue weighted by Crippen LogP contribution is -2.66. The van der Waals surface area contributed by atoms with Gasteiger partial charge >= 0.3 is 12.2 Å². The van der Waals surface area contributed by atoms with Crippen molar-refractivity contribution in [3.8, 4) is 0 Å². The Hall–Kier alpha value is -2.36. The van der Waals surface area contributed by atoms with E-state index in [1.165, 1.54) is 24.3 Å². The van der Waals surface area contributed by atoms with Gasteiger partial charge < -0.3 is 15.7 Å². The Balaban J connectivity index is 2.25. The number of hydrogen-bond acceptors (Lipinski definition) is 3. The maximum Gasteiger partial charge on any atom is 0.450 e. The Bertz CT molecular complexity index is 948. The van der Waals surface area contributed by atoms with Gasteiger partial charge in [-0.2, -0.15) is 13.2 Å². The summed E-state index contributed by atoms with van der Waals surface area (Å²) in [5.41, 5.74) is -3.63. The molecule has 0 unspecified atom stereocenters. The van der Waals surface area contributed by atoms with Gasteiger partial charge in [0.2, 0.25) is 5.78 Å². The van der Waals surface area contributed by atoms with E-state index >= 15 is 0 Å². The molecule has 1 aliphatic rings. The van der Waals surface area contributed by atoms with E-state index in [4.69, 9.17) is 23.2 Å². The molecule has 3 N–H and O–H groups in total. The van der Waals surface area contributed by atoms with Crippen LogP contribution in [0, 0.1) is 11.7 Å². The number of alkyl halides is 3. The van der Waals surface area contributed by atoms with Crippen molar-refractivity contribution in [3.63, 3.8) is 0 Å². The molecule has 0 aromatic heterocycles. The molecule has 1 aliphatic heterocycles. The fraction of sp³-hybridized carbons (Fsp3) is 0.222. The van der Waals surface area contributed by atoms with Gasteiger partial charge in [-0.05, 0) is 24.3 Å². The zero-order valence-electron chi connectivity index (χ0n) is 14.2. The summed E-state index contributed by atoms with van der Waals surface area (Å²) in [4.78, 5) is 24.5. The predicted octanol–water partition coefficient (Wildman–Crippen LogP) is 4.08. The fourth-order valence-electron chi connectivity index (χ4n) is 3.27. The number of nitrogens with one attached hydrogen (secondary N) is 2. The summed E-state index contributed by atoms with van der Waals surface area (Å²) in [6.07, 6.45) is -5.40. The first-order valence-corrected chi connectivity index (χ1v) is 8.83. The number of ketones is 1. The second kappa shape index (κ2) is 7.47. The SMILES string of the molecule is O=C1N[C@H](c2c(F)cccc2Cl)[C@H](C(=O)C(F)(F)F)[C@@](O)(c2ccc(Cl)cc2)N1. The van der Waals surface area contributed by atoms with E-state index in [1.807, 2.05) is 5.32 Å². The number of benzene rings is 2. The molecule has 0 bridgehead atoms. The molecular weight excluding hydrogens is 439 g/mol. The van der Waals surface area contributed by atoms with Crippen LogP contribution >= 0.6 is 23.2 Å². The molecule has 0 radical (unpaired) electrons. The van der Waals surface area contributed by atoms with Crippen LogP contribution in [-0.2, 0) is 10.5 Å². The summed E-state index contributed by atoms with van der Waals surface area (Å²) in [6, 6.07) is 5.05. The van der Waals surface area contributed by atoms with Gasteiger partial charge in [-0.3, -0.25) is 4.79 Å². The number of hydrogen-bond donors (Lipinski definition) is 3. The number of Topliss-reactive ketones (excluding diaryl/α,β-unsaturated/α-hetero) is 1. The first-order chi connectivity index (χ1) is 13.4. The Morgan fingerprint density at radius 3 is 2.28 bits per heavy atom. The van der Waals surface area contributed by atoms with Crippen molar-refractivity contribution in [1.82, 2.24) is 10.6 Å². The van der Waals surface area contributed by atoms with E-state index in [9.17, 15) is 32.3 Å². The van der Waals surface area contributed by atoms with Gasteiger partial charge in [0.05, 0.1) is 6.04 Å². The van der Waals surface area contributed by atoms with E-state index in [0.29, 0.717) is 0 Å². The number of aliphatic hydroxyl groups is 1. The highest BCUT2D eigenvalue weighted by Crippen LogP contribution is 2.45. The minimum absolute atomic E-state index is 0.199. The van der Waals surface area contributed by atoms with Crippen molar-refractivity contribution in [2.75, 3.05) is 0 Å².